The van der Waals surface area contributed by atoms with Crippen molar-refractivity contribution in [2.24, 2.45) is 0 Å². The second kappa shape index (κ2) is 2.81. The Morgan fingerprint density at radius 3 is 2.86 bits per heavy atom. The van der Waals surface area contributed by atoms with Gasteiger partial charge in [0, 0.05) is 0 Å². The fourth-order valence-corrected chi connectivity index (χ4v) is 1.23. The lowest BCUT2D eigenvalue weighted by molar-refractivity contribution is 0.259. The third-order valence-electron chi connectivity index (χ3n) is 1.66. The van der Waals surface area contributed by atoms with E-state index in [0.717, 1.165) is 0 Å². The molecule has 2 heterocycles. The Morgan fingerprint density at radius 2 is 2.21 bits per heavy atom. The van der Waals surface area contributed by atoms with Gasteiger partial charge in [-0.1, -0.05) is 0 Å². The summed E-state index contributed by atoms with van der Waals surface area (Å²) in [6.07, 6.45) is 1.23. The molecule has 0 amide bonds. The van der Waals surface area contributed by atoms with Crippen LogP contribution in [0.2, 0.25) is 0 Å². The monoisotopic (exact) mass is 214 g/mol. The van der Waals surface area contributed by atoms with Crippen LogP contribution in [0.25, 0.3) is 11.2 Å². The maximum atomic E-state index is 11.4. The quantitative estimate of drug-likeness (QED) is 0.584. The Morgan fingerprint density at radius 1 is 1.50 bits per heavy atom. The highest BCUT2D eigenvalue weighted by molar-refractivity contribution is 6.63. The average molecular weight is 215 g/mol. The maximum Gasteiger partial charge on any atom is 0.338 e. The van der Waals surface area contributed by atoms with E-state index >= 15 is 0 Å². The minimum Gasteiger partial charge on any atom is -0.339 e. The maximum absolute atomic E-state index is 11.4. The van der Waals surface area contributed by atoms with E-state index in [1.807, 2.05) is 0 Å². The van der Waals surface area contributed by atoms with Crippen molar-refractivity contribution in [2.75, 3.05) is 0 Å². The molecule has 72 valence electrons. The highest BCUT2D eigenvalue weighted by Gasteiger charge is 2.13. The first-order chi connectivity index (χ1) is 6.61. The number of H-pyrrole nitrogens is 2. The van der Waals surface area contributed by atoms with Crippen molar-refractivity contribution in [3.05, 3.63) is 27.2 Å². The van der Waals surface area contributed by atoms with E-state index in [9.17, 15) is 14.4 Å². The molecule has 0 aromatic carbocycles. The van der Waals surface area contributed by atoms with Gasteiger partial charge in [-0.15, -0.1) is 0 Å². The molecule has 0 aliphatic rings. The second-order valence-electron chi connectivity index (χ2n) is 2.45. The largest absolute Gasteiger partial charge is 0.339 e. The van der Waals surface area contributed by atoms with Gasteiger partial charge in [-0.3, -0.25) is 14.6 Å². The predicted molar refractivity (Wildman–Crippen MR) is 47.6 cm³/mol. The fourth-order valence-electron chi connectivity index (χ4n) is 1.07. The average Bonchev–Trinajstić information content (AvgIpc) is 2.50. The van der Waals surface area contributed by atoms with Crippen molar-refractivity contribution in [1.82, 2.24) is 19.5 Å². The van der Waals surface area contributed by atoms with Gasteiger partial charge in [0.15, 0.2) is 5.65 Å². The van der Waals surface area contributed by atoms with Crippen LogP contribution in [0.3, 0.4) is 0 Å². The molecule has 0 saturated heterocycles. The second-order valence-corrected chi connectivity index (χ2v) is 2.77. The van der Waals surface area contributed by atoms with Crippen molar-refractivity contribution in [2.45, 2.75) is 0 Å². The Labute approximate surface area is 80.3 Å². The van der Waals surface area contributed by atoms with Crippen LogP contribution in [0.4, 0.5) is 4.79 Å². The number of rotatable bonds is 0. The Bertz CT molecular complexity index is 622. The van der Waals surface area contributed by atoms with Crippen molar-refractivity contribution in [3.63, 3.8) is 0 Å². The number of hydrogen-bond acceptors (Lipinski definition) is 4. The molecule has 0 aliphatic heterocycles. The third-order valence-corrected chi connectivity index (χ3v) is 1.83. The number of aromatic amines is 2. The zero-order valence-corrected chi connectivity index (χ0v) is 7.33. The molecular formula is C6H3ClN4O3. The molecule has 0 unspecified atom stereocenters. The van der Waals surface area contributed by atoms with Crippen LogP contribution < -0.4 is 11.2 Å². The Kier molecular flexibility index (Phi) is 1.74. The summed E-state index contributed by atoms with van der Waals surface area (Å²) in [4.78, 5) is 41.7. The van der Waals surface area contributed by atoms with E-state index in [1.54, 1.807) is 0 Å². The number of fused-ring (bicyclic) bond motifs is 1. The lowest BCUT2D eigenvalue weighted by Crippen LogP contribution is -2.37. The van der Waals surface area contributed by atoms with E-state index in [2.05, 4.69) is 15.0 Å². The van der Waals surface area contributed by atoms with Crippen LogP contribution >= 0.6 is 11.6 Å². The third kappa shape index (κ3) is 1.06. The molecule has 2 N–H and O–H groups in total. The highest BCUT2D eigenvalue weighted by atomic mass is 35.5. The SMILES string of the molecule is O=C(Cl)n1c(=O)[nH]c2nc[nH]c2c1=O. The van der Waals surface area contributed by atoms with E-state index in [-0.39, 0.29) is 15.7 Å². The van der Waals surface area contributed by atoms with Gasteiger partial charge in [-0.05, 0) is 11.6 Å². The van der Waals surface area contributed by atoms with Gasteiger partial charge in [0.2, 0.25) is 0 Å². The lowest BCUT2D eigenvalue weighted by atomic mass is 10.5. The van der Waals surface area contributed by atoms with E-state index in [0.29, 0.717) is 0 Å². The number of nitrogens with one attached hydrogen (secondary N) is 2. The Balaban J connectivity index is 3.05. The topological polar surface area (TPSA) is 101 Å². The highest BCUT2D eigenvalue weighted by Crippen LogP contribution is 1.95. The summed E-state index contributed by atoms with van der Waals surface area (Å²) < 4.78 is 0.280. The molecule has 0 aliphatic carbocycles. The smallest absolute Gasteiger partial charge is 0.338 e. The number of aromatic nitrogens is 4. The van der Waals surface area contributed by atoms with Gasteiger partial charge in [0.1, 0.15) is 5.52 Å². The van der Waals surface area contributed by atoms with Gasteiger partial charge in [-0.25, -0.2) is 9.78 Å². The lowest BCUT2D eigenvalue weighted by Gasteiger charge is -1.95. The van der Waals surface area contributed by atoms with Gasteiger partial charge < -0.3 is 4.98 Å². The minimum atomic E-state index is -1.16. The summed E-state index contributed by atoms with van der Waals surface area (Å²) in [7, 11) is 0. The first-order valence-corrected chi connectivity index (χ1v) is 3.87. The first kappa shape index (κ1) is 8.70. The molecule has 0 atom stereocenters. The molecule has 0 saturated carbocycles. The van der Waals surface area contributed by atoms with Crippen molar-refractivity contribution < 1.29 is 4.79 Å². The number of carbonyl (C=O) groups excluding carboxylic acids is 1. The number of carbonyl (C=O) groups is 1. The summed E-state index contributed by atoms with van der Waals surface area (Å²) in [5.74, 6) is 0. The molecule has 2 rings (SSSR count). The zero-order chi connectivity index (χ0) is 10.3. The van der Waals surface area contributed by atoms with Crippen molar-refractivity contribution in [3.8, 4) is 0 Å². The first-order valence-electron chi connectivity index (χ1n) is 3.49. The van der Waals surface area contributed by atoms with Gasteiger partial charge >= 0.3 is 11.1 Å². The molecule has 8 heteroatoms. The summed E-state index contributed by atoms with van der Waals surface area (Å²) in [5, 5.41) is -1.16. The molecular weight excluding hydrogens is 212 g/mol. The molecule has 7 nitrogen and oxygen atoms in total. The Hall–Kier alpha value is -1.89. The molecule has 0 bridgehead atoms. The number of nitrogens with zero attached hydrogens (tertiary/aromatic N) is 2. The molecule has 14 heavy (non-hydrogen) atoms. The molecule has 2 aromatic heterocycles. The van der Waals surface area contributed by atoms with Gasteiger partial charge in [0.25, 0.3) is 5.56 Å². The summed E-state index contributed by atoms with van der Waals surface area (Å²) >= 11 is 5.05. The number of imidazole rings is 1. The van der Waals surface area contributed by atoms with E-state index in [1.165, 1.54) is 6.33 Å². The summed E-state index contributed by atoms with van der Waals surface area (Å²) in [6, 6.07) is 0. The summed E-state index contributed by atoms with van der Waals surface area (Å²) in [6.45, 7) is 0. The van der Waals surface area contributed by atoms with Crippen LogP contribution in [0, 0.1) is 0 Å². The predicted octanol–water partition coefficient (Wildman–Crippen LogP) is -0.380. The van der Waals surface area contributed by atoms with Crippen LogP contribution in [0.5, 0.6) is 0 Å². The van der Waals surface area contributed by atoms with Gasteiger partial charge in [-0.2, -0.15) is 4.57 Å². The molecule has 2 aromatic rings. The normalized spacial score (nSPS) is 10.6. The van der Waals surface area contributed by atoms with Crippen molar-refractivity contribution >= 4 is 28.1 Å². The van der Waals surface area contributed by atoms with E-state index < -0.39 is 16.6 Å². The van der Waals surface area contributed by atoms with Crippen LogP contribution in [-0.2, 0) is 0 Å². The molecule has 0 fully saturated rings. The van der Waals surface area contributed by atoms with Crippen molar-refractivity contribution in [1.29, 1.82) is 0 Å². The molecule has 0 radical (unpaired) electrons. The fraction of sp³-hybridized carbons (Fsp3) is 0. The van der Waals surface area contributed by atoms with E-state index in [4.69, 9.17) is 11.6 Å². The number of halogens is 1. The van der Waals surface area contributed by atoms with Gasteiger partial charge in [0.05, 0.1) is 6.33 Å². The number of hydrogen-bond donors (Lipinski definition) is 2. The van der Waals surface area contributed by atoms with Crippen LogP contribution in [0.1, 0.15) is 0 Å². The van der Waals surface area contributed by atoms with Crippen LogP contribution in [0.15, 0.2) is 15.9 Å². The summed E-state index contributed by atoms with van der Waals surface area (Å²) in [5.41, 5.74) is -1.61. The van der Waals surface area contributed by atoms with Crippen LogP contribution in [-0.4, -0.2) is 24.9 Å². The zero-order valence-electron chi connectivity index (χ0n) is 6.57. The minimum absolute atomic E-state index is 0.0265. The standard InChI is InChI=1S/C6H3ClN4O3/c7-5(13)11-4(12)2-3(9-1-8-2)10-6(11)14/h1H,(H,8,9)(H,10,14). The molecule has 0 spiro atoms.